The van der Waals surface area contributed by atoms with Crippen molar-refractivity contribution < 1.29 is 18.0 Å². The van der Waals surface area contributed by atoms with Gasteiger partial charge in [0.05, 0.1) is 16.3 Å². The lowest BCUT2D eigenvalue weighted by atomic mass is 10.2. The predicted octanol–water partition coefficient (Wildman–Crippen LogP) is 4.26. The molecule has 0 aliphatic heterocycles. The molecule has 0 saturated carbocycles. The van der Waals surface area contributed by atoms with Crippen molar-refractivity contribution in [3.8, 4) is 28.6 Å². The van der Waals surface area contributed by atoms with Gasteiger partial charge in [0.2, 0.25) is 5.16 Å². The van der Waals surface area contributed by atoms with Crippen LogP contribution in [0.25, 0.3) is 22.8 Å². The Morgan fingerprint density at radius 3 is 2.63 bits per heavy atom. The third-order valence-corrected chi connectivity index (χ3v) is 5.17. The number of alkyl halides is 2. The van der Waals surface area contributed by atoms with Crippen molar-refractivity contribution in [1.82, 2.24) is 25.0 Å². The van der Waals surface area contributed by atoms with Crippen molar-refractivity contribution in [1.29, 1.82) is 0 Å². The molecule has 0 unspecified atom stereocenters. The molecule has 0 bridgehead atoms. The lowest BCUT2D eigenvalue weighted by molar-refractivity contribution is -0.0498. The van der Waals surface area contributed by atoms with E-state index < -0.39 is 6.61 Å². The van der Waals surface area contributed by atoms with E-state index in [4.69, 9.17) is 22.0 Å². The molecule has 30 heavy (non-hydrogen) atoms. The first-order valence-electron chi connectivity index (χ1n) is 8.47. The largest absolute Gasteiger partial charge is 0.435 e. The molecule has 0 saturated heterocycles. The molecule has 0 fully saturated rings. The number of aromatic nitrogens is 5. The number of thioether (sulfide) groups is 1. The fraction of sp³-hybridized carbons (Fsp3) is 0.111. The molecule has 0 atom stereocenters. The molecule has 0 radical (unpaired) electrons. The summed E-state index contributed by atoms with van der Waals surface area (Å²) in [6.45, 7) is -2.89. The minimum atomic E-state index is -2.89. The van der Waals surface area contributed by atoms with Crippen LogP contribution in [0.1, 0.15) is 5.82 Å². The molecule has 0 spiro atoms. The number of nitrogen functional groups attached to an aromatic ring is 1. The standard InChI is InChI=1S/C18H13ClF2N6O2S/c19-13-4-2-1-3-12(13)16-23-14(26-29-16)9-30-18-25-24-15(27(18)22)10-5-7-11(8-6-10)28-17(20)21/h1-8,17H,9,22H2. The molecule has 154 valence electrons. The first-order chi connectivity index (χ1) is 14.5. The average molecular weight is 451 g/mol. The van der Waals surface area contributed by atoms with Crippen molar-refractivity contribution in [2.75, 3.05) is 5.84 Å². The highest BCUT2D eigenvalue weighted by molar-refractivity contribution is 7.98. The van der Waals surface area contributed by atoms with E-state index in [9.17, 15) is 8.78 Å². The fourth-order valence-corrected chi connectivity index (χ4v) is 3.46. The second kappa shape index (κ2) is 8.67. The maximum Gasteiger partial charge on any atom is 0.387 e. The molecule has 0 aliphatic rings. The Balaban J connectivity index is 1.44. The van der Waals surface area contributed by atoms with Gasteiger partial charge in [0.25, 0.3) is 5.89 Å². The van der Waals surface area contributed by atoms with Gasteiger partial charge in [-0.25, -0.2) is 4.68 Å². The number of nitrogens with zero attached hydrogens (tertiary/aromatic N) is 5. The van der Waals surface area contributed by atoms with E-state index in [1.165, 1.54) is 28.6 Å². The molecule has 4 aromatic rings. The smallest absolute Gasteiger partial charge is 0.387 e. The van der Waals surface area contributed by atoms with Crippen LogP contribution >= 0.6 is 23.4 Å². The SMILES string of the molecule is Nn1c(SCc2noc(-c3ccccc3Cl)n2)nnc1-c1ccc(OC(F)F)cc1. The summed E-state index contributed by atoms with van der Waals surface area (Å²) < 4.78 is 35.4. The average Bonchev–Trinajstić information content (AvgIpc) is 3.34. The quantitative estimate of drug-likeness (QED) is 0.329. The highest BCUT2D eigenvalue weighted by atomic mass is 35.5. The summed E-state index contributed by atoms with van der Waals surface area (Å²) in [6, 6.07) is 13.1. The first kappa shape index (κ1) is 20.1. The maximum absolute atomic E-state index is 12.3. The Morgan fingerprint density at radius 1 is 1.13 bits per heavy atom. The lowest BCUT2D eigenvalue weighted by Gasteiger charge is -2.06. The van der Waals surface area contributed by atoms with Crippen LogP contribution in [-0.2, 0) is 5.75 Å². The van der Waals surface area contributed by atoms with Crippen molar-refractivity contribution in [3.63, 3.8) is 0 Å². The third kappa shape index (κ3) is 4.36. The van der Waals surface area contributed by atoms with Crippen molar-refractivity contribution >= 4 is 23.4 Å². The monoisotopic (exact) mass is 450 g/mol. The fourth-order valence-electron chi connectivity index (χ4n) is 2.54. The van der Waals surface area contributed by atoms with E-state index in [0.29, 0.717) is 44.6 Å². The molecule has 8 nitrogen and oxygen atoms in total. The summed E-state index contributed by atoms with van der Waals surface area (Å²) in [7, 11) is 0. The molecule has 2 heterocycles. The number of ether oxygens (including phenoxy) is 1. The topological polar surface area (TPSA) is 105 Å². The van der Waals surface area contributed by atoms with Gasteiger partial charge in [-0.05, 0) is 36.4 Å². The minimum absolute atomic E-state index is 0.0397. The van der Waals surface area contributed by atoms with Gasteiger partial charge in [0.15, 0.2) is 11.6 Å². The van der Waals surface area contributed by atoms with Gasteiger partial charge in [-0.2, -0.15) is 13.8 Å². The van der Waals surface area contributed by atoms with Crippen LogP contribution < -0.4 is 10.6 Å². The first-order valence-corrected chi connectivity index (χ1v) is 9.83. The third-order valence-electron chi connectivity index (χ3n) is 3.90. The molecule has 2 aromatic heterocycles. The van der Waals surface area contributed by atoms with E-state index in [2.05, 4.69) is 25.1 Å². The molecular formula is C18H13ClF2N6O2S. The molecule has 2 aromatic carbocycles. The van der Waals surface area contributed by atoms with Gasteiger partial charge >= 0.3 is 6.61 Å². The summed E-state index contributed by atoms with van der Waals surface area (Å²) in [5.74, 6) is 7.57. The summed E-state index contributed by atoms with van der Waals surface area (Å²) in [5, 5.41) is 13.0. The van der Waals surface area contributed by atoms with E-state index in [1.54, 1.807) is 24.3 Å². The van der Waals surface area contributed by atoms with Gasteiger partial charge in [-0.3, -0.25) is 0 Å². The summed E-state index contributed by atoms with van der Waals surface area (Å²) >= 11 is 7.40. The van der Waals surface area contributed by atoms with E-state index in [1.807, 2.05) is 12.1 Å². The van der Waals surface area contributed by atoms with Crippen LogP contribution in [0.2, 0.25) is 5.02 Å². The van der Waals surface area contributed by atoms with Crippen molar-refractivity contribution in [2.24, 2.45) is 0 Å². The number of halogens is 3. The van der Waals surface area contributed by atoms with Crippen LogP contribution in [0, 0.1) is 0 Å². The zero-order valence-electron chi connectivity index (χ0n) is 15.1. The van der Waals surface area contributed by atoms with E-state index >= 15 is 0 Å². The molecule has 2 N–H and O–H groups in total. The van der Waals surface area contributed by atoms with Gasteiger partial charge < -0.3 is 15.1 Å². The van der Waals surface area contributed by atoms with Crippen molar-refractivity contribution in [2.45, 2.75) is 17.5 Å². The zero-order chi connectivity index (χ0) is 21.1. The normalized spacial score (nSPS) is 11.2. The Morgan fingerprint density at radius 2 is 1.90 bits per heavy atom. The zero-order valence-corrected chi connectivity index (χ0v) is 16.6. The maximum atomic E-state index is 12.3. The van der Waals surface area contributed by atoms with Crippen molar-refractivity contribution in [3.05, 3.63) is 59.4 Å². The molecule has 12 heteroatoms. The summed E-state index contributed by atoms with van der Waals surface area (Å²) in [5.41, 5.74) is 1.24. The summed E-state index contributed by atoms with van der Waals surface area (Å²) in [6.07, 6.45) is 0. The lowest BCUT2D eigenvalue weighted by Crippen LogP contribution is -2.11. The van der Waals surface area contributed by atoms with E-state index in [-0.39, 0.29) is 5.75 Å². The second-order valence-corrected chi connectivity index (χ2v) is 7.21. The van der Waals surface area contributed by atoms with Crippen LogP contribution in [0.3, 0.4) is 0 Å². The highest BCUT2D eigenvalue weighted by Gasteiger charge is 2.16. The van der Waals surface area contributed by atoms with Gasteiger partial charge in [-0.15, -0.1) is 10.2 Å². The van der Waals surface area contributed by atoms with Crippen LogP contribution in [0.15, 0.2) is 58.2 Å². The van der Waals surface area contributed by atoms with Crippen LogP contribution in [0.4, 0.5) is 8.78 Å². The molecule has 4 rings (SSSR count). The number of hydrogen-bond acceptors (Lipinski definition) is 8. The second-order valence-electron chi connectivity index (χ2n) is 5.86. The van der Waals surface area contributed by atoms with E-state index in [0.717, 1.165) is 0 Å². The van der Waals surface area contributed by atoms with Gasteiger partial charge in [0.1, 0.15) is 5.75 Å². The number of hydrogen-bond donors (Lipinski definition) is 1. The number of nitrogens with two attached hydrogens (primary N) is 1. The Hall–Kier alpha value is -3.18. The molecule has 0 aliphatic carbocycles. The van der Waals surface area contributed by atoms with Crippen LogP contribution in [-0.4, -0.2) is 31.6 Å². The predicted molar refractivity (Wildman–Crippen MR) is 107 cm³/mol. The van der Waals surface area contributed by atoms with Gasteiger partial charge in [-0.1, -0.05) is 40.7 Å². The molecule has 0 amide bonds. The Labute approximate surface area is 178 Å². The minimum Gasteiger partial charge on any atom is -0.435 e. The summed E-state index contributed by atoms with van der Waals surface area (Å²) in [4.78, 5) is 4.33. The Kier molecular flexibility index (Phi) is 5.81. The molecular weight excluding hydrogens is 438 g/mol. The number of benzene rings is 2. The van der Waals surface area contributed by atoms with Crippen LogP contribution in [0.5, 0.6) is 5.75 Å². The highest BCUT2D eigenvalue weighted by Crippen LogP contribution is 2.28. The Bertz CT molecular complexity index is 1150. The van der Waals surface area contributed by atoms with Gasteiger partial charge in [0, 0.05) is 5.56 Å². The number of rotatable bonds is 7.